The second-order valence-corrected chi connectivity index (χ2v) is 6.04. The third-order valence-corrected chi connectivity index (χ3v) is 4.66. The molecule has 3 aromatic rings. The molecule has 0 saturated carbocycles. The lowest BCUT2D eigenvalue weighted by molar-refractivity contribution is -0.137. The molecule has 0 aliphatic carbocycles. The van der Waals surface area contributed by atoms with E-state index in [4.69, 9.17) is 10.8 Å². The van der Waals surface area contributed by atoms with Gasteiger partial charge in [-0.05, 0) is 24.6 Å². The Morgan fingerprint density at radius 2 is 2.12 bits per heavy atom. The zero-order valence-corrected chi connectivity index (χ0v) is 13.3. The highest BCUT2D eigenvalue weighted by Crippen LogP contribution is 2.28. The molecule has 3 rings (SSSR count). The van der Waals surface area contributed by atoms with E-state index in [1.54, 1.807) is 25.1 Å². The number of fused-ring (bicyclic) bond motifs is 1. The molecular formula is C15H12N4O4S. The summed E-state index contributed by atoms with van der Waals surface area (Å²) >= 11 is 1.01. The van der Waals surface area contributed by atoms with Crippen LogP contribution in [0.4, 0.5) is 0 Å². The average Bonchev–Trinajstić information content (AvgIpc) is 2.87. The van der Waals surface area contributed by atoms with Crippen LogP contribution in [-0.4, -0.2) is 31.5 Å². The fraction of sp³-hybridized carbons (Fsp3) is 0.133. The maximum absolute atomic E-state index is 12.8. The van der Waals surface area contributed by atoms with Crippen molar-refractivity contribution in [2.24, 2.45) is 5.73 Å². The van der Waals surface area contributed by atoms with E-state index in [2.05, 4.69) is 9.97 Å². The molecule has 1 amide bonds. The summed E-state index contributed by atoms with van der Waals surface area (Å²) in [6.07, 6.45) is 1.52. The van der Waals surface area contributed by atoms with Crippen LogP contribution in [0.5, 0.6) is 0 Å². The molecule has 0 saturated heterocycles. The van der Waals surface area contributed by atoms with Crippen LogP contribution < -0.4 is 11.3 Å². The summed E-state index contributed by atoms with van der Waals surface area (Å²) in [5.74, 6) is -1.70. The van der Waals surface area contributed by atoms with Gasteiger partial charge in [0, 0.05) is 6.20 Å². The van der Waals surface area contributed by atoms with E-state index in [0.29, 0.717) is 16.1 Å². The van der Waals surface area contributed by atoms with Crippen molar-refractivity contribution < 1.29 is 14.7 Å². The molecule has 0 aromatic carbocycles. The van der Waals surface area contributed by atoms with E-state index < -0.39 is 24.0 Å². The fourth-order valence-electron chi connectivity index (χ4n) is 2.42. The van der Waals surface area contributed by atoms with Crippen molar-refractivity contribution in [3.63, 3.8) is 0 Å². The molecule has 8 nitrogen and oxygen atoms in total. The fourth-order valence-corrected chi connectivity index (χ4v) is 3.45. The Kier molecular flexibility index (Phi) is 3.86. The number of aliphatic carboxylic acids is 1. The minimum atomic E-state index is -1.18. The van der Waals surface area contributed by atoms with Crippen molar-refractivity contribution >= 4 is 33.4 Å². The summed E-state index contributed by atoms with van der Waals surface area (Å²) in [6.45, 7) is 1.03. The number of rotatable bonds is 4. The first-order valence-corrected chi connectivity index (χ1v) is 7.68. The molecule has 0 fully saturated rings. The lowest BCUT2D eigenvalue weighted by atomic mass is 10.2. The SMILES string of the molecule is Cc1c(C(N)=O)sc2nc(-c3ccccn3)n(CC(=O)O)c(=O)c12. The number of amides is 1. The molecule has 3 N–H and O–H groups in total. The van der Waals surface area contributed by atoms with Crippen LogP contribution in [0, 0.1) is 6.92 Å². The van der Waals surface area contributed by atoms with Gasteiger partial charge >= 0.3 is 5.97 Å². The second kappa shape index (κ2) is 5.85. The predicted octanol–water partition coefficient (Wildman–Crippen LogP) is 1.01. The van der Waals surface area contributed by atoms with Gasteiger partial charge in [-0.3, -0.25) is 23.9 Å². The van der Waals surface area contributed by atoms with Crippen LogP contribution in [0.2, 0.25) is 0 Å². The molecule has 3 aromatic heterocycles. The number of thiophene rings is 1. The van der Waals surface area contributed by atoms with E-state index in [0.717, 1.165) is 15.9 Å². The molecule has 0 radical (unpaired) electrons. The van der Waals surface area contributed by atoms with Crippen molar-refractivity contribution in [1.82, 2.24) is 14.5 Å². The number of carbonyl (C=O) groups excluding carboxylic acids is 1. The molecular weight excluding hydrogens is 332 g/mol. The van der Waals surface area contributed by atoms with E-state index in [-0.39, 0.29) is 16.1 Å². The topological polar surface area (TPSA) is 128 Å². The van der Waals surface area contributed by atoms with Crippen LogP contribution in [0.3, 0.4) is 0 Å². The Morgan fingerprint density at radius 1 is 1.38 bits per heavy atom. The number of carboxylic acid groups (broad SMARTS) is 1. The highest BCUT2D eigenvalue weighted by atomic mass is 32.1. The summed E-state index contributed by atoms with van der Waals surface area (Å²) < 4.78 is 1.04. The monoisotopic (exact) mass is 344 g/mol. The number of hydrogen-bond donors (Lipinski definition) is 2. The minimum absolute atomic E-state index is 0.132. The van der Waals surface area contributed by atoms with E-state index >= 15 is 0 Å². The maximum Gasteiger partial charge on any atom is 0.323 e. The quantitative estimate of drug-likeness (QED) is 0.727. The summed E-state index contributed by atoms with van der Waals surface area (Å²) in [6, 6.07) is 5.03. The first kappa shape index (κ1) is 15.8. The number of carboxylic acids is 1. The molecule has 0 spiro atoms. The standard InChI is InChI=1S/C15H12N4O4S/c1-7-10-14(24-11(7)12(16)22)18-13(8-4-2-3-5-17-8)19(15(10)23)6-9(20)21/h2-5H,6H2,1H3,(H2,16,22)(H,20,21). The zero-order valence-electron chi connectivity index (χ0n) is 12.5. The Bertz CT molecular complexity index is 1020. The molecule has 3 heterocycles. The lowest BCUT2D eigenvalue weighted by Crippen LogP contribution is -2.27. The van der Waals surface area contributed by atoms with E-state index in [1.165, 1.54) is 6.20 Å². The number of pyridine rings is 1. The zero-order chi connectivity index (χ0) is 17.4. The van der Waals surface area contributed by atoms with Gasteiger partial charge in [0.1, 0.15) is 17.1 Å². The summed E-state index contributed by atoms with van der Waals surface area (Å²) in [4.78, 5) is 44.5. The minimum Gasteiger partial charge on any atom is -0.480 e. The van der Waals surface area contributed by atoms with E-state index in [1.807, 2.05) is 0 Å². The van der Waals surface area contributed by atoms with Crippen molar-refractivity contribution in [3.8, 4) is 11.5 Å². The van der Waals surface area contributed by atoms with Crippen LogP contribution in [0.1, 0.15) is 15.2 Å². The first-order chi connectivity index (χ1) is 11.4. The Morgan fingerprint density at radius 3 is 2.71 bits per heavy atom. The van der Waals surface area contributed by atoms with Gasteiger partial charge in [0.15, 0.2) is 5.82 Å². The molecule has 0 unspecified atom stereocenters. The van der Waals surface area contributed by atoms with Gasteiger partial charge in [0.2, 0.25) is 0 Å². The number of nitrogens with zero attached hydrogens (tertiary/aromatic N) is 3. The third kappa shape index (κ3) is 2.54. The van der Waals surface area contributed by atoms with Crippen LogP contribution >= 0.6 is 11.3 Å². The molecule has 24 heavy (non-hydrogen) atoms. The molecule has 9 heteroatoms. The normalized spacial score (nSPS) is 10.9. The van der Waals surface area contributed by atoms with Gasteiger partial charge < -0.3 is 10.8 Å². The molecule has 0 aliphatic rings. The van der Waals surface area contributed by atoms with Crippen LogP contribution in [-0.2, 0) is 11.3 Å². The van der Waals surface area contributed by atoms with Crippen molar-refractivity contribution in [2.45, 2.75) is 13.5 Å². The Labute approximate surface area is 139 Å². The van der Waals surface area contributed by atoms with Crippen LogP contribution in [0.15, 0.2) is 29.2 Å². The van der Waals surface area contributed by atoms with Crippen LogP contribution in [0.25, 0.3) is 21.7 Å². The summed E-state index contributed by atoms with van der Waals surface area (Å²) in [7, 11) is 0. The molecule has 0 aliphatic heterocycles. The highest BCUT2D eigenvalue weighted by Gasteiger charge is 2.22. The molecule has 0 atom stereocenters. The van der Waals surface area contributed by atoms with Gasteiger partial charge in [-0.15, -0.1) is 11.3 Å². The number of nitrogens with two attached hydrogens (primary N) is 1. The van der Waals surface area contributed by atoms with Crippen molar-refractivity contribution in [1.29, 1.82) is 0 Å². The Hall–Kier alpha value is -3.07. The maximum atomic E-state index is 12.8. The second-order valence-electron chi connectivity index (χ2n) is 5.04. The lowest BCUT2D eigenvalue weighted by Gasteiger charge is -2.09. The predicted molar refractivity (Wildman–Crippen MR) is 88.0 cm³/mol. The number of primary amides is 1. The number of hydrogen-bond acceptors (Lipinski definition) is 6. The first-order valence-electron chi connectivity index (χ1n) is 6.87. The summed E-state index contributed by atoms with van der Waals surface area (Å²) in [5, 5.41) is 9.32. The van der Waals surface area contributed by atoms with Gasteiger partial charge in [0.25, 0.3) is 11.5 Å². The van der Waals surface area contributed by atoms with Gasteiger partial charge in [-0.25, -0.2) is 4.98 Å². The van der Waals surface area contributed by atoms with Crippen molar-refractivity contribution in [2.75, 3.05) is 0 Å². The third-order valence-electron chi connectivity index (χ3n) is 3.46. The average molecular weight is 344 g/mol. The largest absolute Gasteiger partial charge is 0.480 e. The van der Waals surface area contributed by atoms with Crippen molar-refractivity contribution in [3.05, 3.63) is 45.2 Å². The number of aromatic nitrogens is 3. The highest BCUT2D eigenvalue weighted by molar-refractivity contribution is 7.20. The molecule has 0 bridgehead atoms. The van der Waals surface area contributed by atoms with E-state index in [9.17, 15) is 14.4 Å². The number of carbonyl (C=O) groups is 2. The van der Waals surface area contributed by atoms with Gasteiger partial charge in [0.05, 0.1) is 10.3 Å². The smallest absolute Gasteiger partial charge is 0.323 e. The van der Waals surface area contributed by atoms with Gasteiger partial charge in [-0.1, -0.05) is 6.07 Å². The number of aryl methyl sites for hydroxylation is 1. The summed E-state index contributed by atoms with van der Waals surface area (Å²) in [5.41, 5.74) is 5.56. The van der Waals surface area contributed by atoms with Gasteiger partial charge in [-0.2, -0.15) is 0 Å². The molecule has 122 valence electrons. The Balaban J connectivity index is 2.40.